The van der Waals surface area contributed by atoms with Gasteiger partial charge in [-0.15, -0.1) is 11.5 Å². The van der Waals surface area contributed by atoms with E-state index >= 15 is 0 Å². The van der Waals surface area contributed by atoms with E-state index < -0.39 is 0 Å². The summed E-state index contributed by atoms with van der Waals surface area (Å²) in [6, 6.07) is 0. The van der Waals surface area contributed by atoms with Gasteiger partial charge < -0.3 is 0 Å². The van der Waals surface area contributed by atoms with E-state index in [1.54, 1.807) is 0 Å². The normalized spacial score (nSPS) is 7.20. The predicted molar refractivity (Wildman–Crippen MR) is 45.9 cm³/mol. The van der Waals surface area contributed by atoms with Crippen LogP contribution in [-0.2, 0) is 0 Å². The van der Waals surface area contributed by atoms with Crippen LogP contribution in [0.4, 0.5) is 0 Å². The standard InChI is InChI=1S/C10H14/c1-9(2)7-5-6-8-10(3)4/h5-6H,1-4H3. The quantitative estimate of drug-likeness (QED) is 0.381. The molecule has 54 valence electrons. The molecule has 0 unspecified atom stereocenters. The highest BCUT2D eigenvalue weighted by atomic mass is 13.7. The Kier molecular flexibility index (Phi) is 4.41. The van der Waals surface area contributed by atoms with Gasteiger partial charge in [0, 0.05) is 0 Å². The van der Waals surface area contributed by atoms with Crippen molar-refractivity contribution in [2.45, 2.75) is 27.7 Å². The Hall–Kier alpha value is -0.960. The van der Waals surface area contributed by atoms with Crippen molar-refractivity contribution >= 4 is 0 Å². The summed E-state index contributed by atoms with van der Waals surface area (Å²) in [7, 11) is 0. The molecule has 0 saturated heterocycles. The van der Waals surface area contributed by atoms with Crippen molar-refractivity contribution in [1.82, 2.24) is 0 Å². The minimum absolute atomic E-state index is 1.19. The summed E-state index contributed by atoms with van der Waals surface area (Å²) < 4.78 is 0. The van der Waals surface area contributed by atoms with Gasteiger partial charge in [0.15, 0.2) is 0 Å². The summed E-state index contributed by atoms with van der Waals surface area (Å²) in [5, 5.41) is 0. The molecular formula is C10H14. The third kappa shape index (κ3) is 7.04. The average Bonchev–Trinajstić information content (AvgIpc) is 1.79. The molecule has 0 heterocycles. The zero-order valence-electron chi connectivity index (χ0n) is 7.15. The lowest BCUT2D eigenvalue weighted by molar-refractivity contribution is 1.40. The molecule has 0 aromatic carbocycles. The molecule has 0 atom stereocenters. The smallest absolute Gasteiger partial charge is 0.0123 e. The maximum absolute atomic E-state index is 3.06. The van der Waals surface area contributed by atoms with Gasteiger partial charge in [-0.1, -0.05) is 0 Å². The first-order chi connectivity index (χ1) is 4.63. The van der Waals surface area contributed by atoms with E-state index in [4.69, 9.17) is 0 Å². The SMILES string of the molecule is CC(C)=C=CC=C=C(C)C. The second kappa shape index (κ2) is 4.88. The van der Waals surface area contributed by atoms with Crippen molar-refractivity contribution < 1.29 is 0 Å². The van der Waals surface area contributed by atoms with E-state index in [1.807, 2.05) is 39.8 Å². The fraction of sp³-hybridized carbons (Fsp3) is 0.400. The zero-order chi connectivity index (χ0) is 7.98. The minimum Gasteiger partial charge on any atom is -0.122 e. The maximum atomic E-state index is 3.06. The summed E-state index contributed by atoms with van der Waals surface area (Å²) in [5.74, 6) is 0. The lowest BCUT2D eigenvalue weighted by atomic mass is 10.3. The molecule has 0 aliphatic heterocycles. The third-order valence-electron chi connectivity index (χ3n) is 0.827. The highest BCUT2D eigenvalue weighted by molar-refractivity contribution is 5.07. The van der Waals surface area contributed by atoms with Crippen LogP contribution in [0.2, 0.25) is 0 Å². The molecule has 0 aromatic rings. The molecule has 0 radical (unpaired) electrons. The number of hydrogen-bond donors (Lipinski definition) is 0. The third-order valence-corrected chi connectivity index (χ3v) is 0.827. The van der Waals surface area contributed by atoms with Gasteiger partial charge in [-0.25, -0.2) is 0 Å². The molecule has 0 saturated carbocycles. The number of rotatable bonds is 1. The summed E-state index contributed by atoms with van der Waals surface area (Å²) in [6.07, 6.45) is 3.75. The van der Waals surface area contributed by atoms with Gasteiger partial charge in [-0.3, -0.25) is 0 Å². The van der Waals surface area contributed by atoms with E-state index in [0.717, 1.165) is 0 Å². The van der Waals surface area contributed by atoms with Crippen molar-refractivity contribution in [3.05, 3.63) is 34.8 Å². The van der Waals surface area contributed by atoms with Crippen LogP contribution in [0, 0.1) is 0 Å². The van der Waals surface area contributed by atoms with Gasteiger partial charge in [0.05, 0.1) is 0 Å². The van der Waals surface area contributed by atoms with E-state index in [2.05, 4.69) is 11.5 Å². The summed E-state index contributed by atoms with van der Waals surface area (Å²) in [5.41, 5.74) is 8.50. The number of allylic oxidation sites excluding steroid dienone is 2. The molecular weight excluding hydrogens is 120 g/mol. The Morgan fingerprint density at radius 2 is 1.10 bits per heavy atom. The van der Waals surface area contributed by atoms with Gasteiger partial charge in [0.2, 0.25) is 0 Å². The monoisotopic (exact) mass is 134 g/mol. The Morgan fingerprint density at radius 1 is 0.800 bits per heavy atom. The molecule has 0 fully saturated rings. The Morgan fingerprint density at radius 3 is 1.30 bits per heavy atom. The first-order valence-corrected chi connectivity index (χ1v) is 3.41. The van der Waals surface area contributed by atoms with Crippen molar-refractivity contribution in [2.24, 2.45) is 0 Å². The molecule has 0 aromatic heterocycles. The molecule has 0 amide bonds. The largest absolute Gasteiger partial charge is 0.122 e. The molecule has 0 rings (SSSR count). The molecule has 0 nitrogen and oxygen atoms in total. The second-order valence-corrected chi connectivity index (χ2v) is 2.62. The van der Waals surface area contributed by atoms with Crippen LogP contribution in [0.3, 0.4) is 0 Å². The number of hydrogen-bond acceptors (Lipinski definition) is 0. The van der Waals surface area contributed by atoms with Crippen LogP contribution in [0.25, 0.3) is 0 Å². The van der Waals surface area contributed by atoms with Crippen LogP contribution in [-0.4, -0.2) is 0 Å². The van der Waals surface area contributed by atoms with Crippen LogP contribution < -0.4 is 0 Å². The highest BCUT2D eigenvalue weighted by Gasteiger charge is 1.65. The van der Waals surface area contributed by atoms with E-state index in [9.17, 15) is 0 Å². The van der Waals surface area contributed by atoms with Gasteiger partial charge in [0.1, 0.15) is 0 Å². The van der Waals surface area contributed by atoms with Crippen LogP contribution >= 0.6 is 0 Å². The zero-order valence-corrected chi connectivity index (χ0v) is 7.15. The summed E-state index contributed by atoms with van der Waals surface area (Å²) >= 11 is 0. The maximum Gasteiger partial charge on any atom is -0.0123 e. The first kappa shape index (κ1) is 9.04. The molecule has 0 spiro atoms. The molecule has 10 heavy (non-hydrogen) atoms. The molecule has 0 heteroatoms. The van der Waals surface area contributed by atoms with Crippen molar-refractivity contribution in [2.75, 3.05) is 0 Å². The van der Waals surface area contributed by atoms with Crippen molar-refractivity contribution in [1.29, 1.82) is 0 Å². The molecule has 0 aliphatic rings. The van der Waals surface area contributed by atoms with Gasteiger partial charge in [-0.05, 0) is 51.0 Å². The lowest BCUT2D eigenvalue weighted by Crippen LogP contribution is -1.54. The average molecular weight is 134 g/mol. The van der Waals surface area contributed by atoms with Crippen molar-refractivity contribution in [3.8, 4) is 0 Å². The fourth-order valence-electron chi connectivity index (χ4n) is 0.417. The van der Waals surface area contributed by atoms with Crippen LogP contribution in [0.1, 0.15) is 27.7 Å². The Bertz CT molecular complexity index is 182. The van der Waals surface area contributed by atoms with E-state index in [-0.39, 0.29) is 0 Å². The topological polar surface area (TPSA) is 0 Å². The minimum atomic E-state index is 1.19. The molecule has 0 N–H and O–H groups in total. The summed E-state index contributed by atoms with van der Waals surface area (Å²) in [6.45, 7) is 8.08. The fourth-order valence-corrected chi connectivity index (χ4v) is 0.417. The van der Waals surface area contributed by atoms with E-state index in [0.29, 0.717) is 0 Å². The summed E-state index contributed by atoms with van der Waals surface area (Å²) in [4.78, 5) is 0. The first-order valence-electron chi connectivity index (χ1n) is 3.41. The van der Waals surface area contributed by atoms with Crippen LogP contribution in [0.15, 0.2) is 34.8 Å². The predicted octanol–water partition coefficient (Wildman–Crippen LogP) is 3.23. The van der Waals surface area contributed by atoms with Gasteiger partial charge >= 0.3 is 0 Å². The van der Waals surface area contributed by atoms with Crippen LogP contribution in [0.5, 0.6) is 0 Å². The van der Waals surface area contributed by atoms with E-state index in [1.165, 1.54) is 11.1 Å². The molecule has 0 aliphatic carbocycles. The highest BCUT2D eigenvalue weighted by Crippen LogP contribution is 1.85. The van der Waals surface area contributed by atoms with Gasteiger partial charge in [-0.2, -0.15) is 0 Å². The second-order valence-electron chi connectivity index (χ2n) is 2.62. The molecule has 0 bridgehead atoms. The Labute approximate surface area is 63.3 Å². The Balaban J connectivity index is 4.24. The van der Waals surface area contributed by atoms with Crippen molar-refractivity contribution in [3.63, 3.8) is 0 Å². The lowest BCUT2D eigenvalue weighted by Gasteiger charge is -1.74. The van der Waals surface area contributed by atoms with Gasteiger partial charge in [0.25, 0.3) is 0 Å².